The van der Waals surface area contributed by atoms with Gasteiger partial charge in [-0.3, -0.25) is 0 Å². The highest BCUT2D eigenvalue weighted by Gasteiger charge is 2.33. The summed E-state index contributed by atoms with van der Waals surface area (Å²) in [4.78, 5) is 0. The van der Waals surface area contributed by atoms with Gasteiger partial charge in [-0.1, -0.05) is 0 Å². The van der Waals surface area contributed by atoms with E-state index in [0.717, 1.165) is 13.2 Å². The van der Waals surface area contributed by atoms with E-state index in [1.54, 1.807) is 0 Å². The van der Waals surface area contributed by atoms with Crippen LogP contribution in [0.4, 0.5) is 0 Å². The molecule has 2 fully saturated rings. The molecule has 2 saturated heterocycles. The van der Waals surface area contributed by atoms with Crippen LogP contribution in [-0.2, 0) is 4.74 Å². The molecule has 2 aliphatic heterocycles. The fraction of sp³-hybridized carbons (Fsp3) is 1.00. The molecule has 0 saturated carbocycles. The third kappa shape index (κ3) is 1.73. The van der Waals surface area contributed by atoms with E-state index in [2.05, 4.69) is 11.8 Å². The second-order valence-electron chi connectivity index (χ2n) is 3.72. The number of thioether (sulfide) groups is 1. The molecule has 64 valence electrons. The lowest BCUT2D eigenvalue weighted by atomic mass is 9.75. The standard InChI is InChI=1S/C9H16OS/c1-5-10-6-2-9(1)3-7-11-8-4-9/h1-8H2. The van der Waals surface area contributed by atoms with Gasteiger partial charge in [0.1, 0.15) is 0 Å². The molecule has 11 heavy (non-hydrogen) atoms. The Labute approximate surface area is 72.9 Å². The smallest absolute Gasteiger partial charge is 0.0471 e. The van der Waals surface area contributed by atoms with Gasteiger partial charge in [-0.15, -0.1) is 0 Å². The van der Waals surface area contributed by atoms with Crippen molar-refractivity contribution in [3.05, 3.63) is 0 Å². The maximum Gasteiger partial charge on any atom is 0.0471 e. The molecule has 0 unspecified atom stereocenters. The monoisotopic (exact) mass is 172 g/mol. The van der Waals surface area contributed by atoms with Crippen LogP contribution in [0.25, 0.3) is 0 Å². The maximum absolute atomic E-state index is 5.39. The van der Waals surface area contributed by atoms with Gasteiger partial charge in [0.25, 0.3) is 0 Å². The molecule has 2 rings (SSSR count). The Morgan fingerprint density at radius 1 is 0.909 bits per heavy atom. The molecule has 2 heteroatoms. The molecule has 1 nitrogen and oxygen atoms in total. The van der Waals surface area contributed by atoms with Gasteiger partial charge in [0.2, 0.25) is 0 Å². The zero-order valence-electron chi connectivity index (χ0n) is 6.97. The summed E-state index contributed by atoms with van der Waals surface area (Å²) in [6.07, 6.45) is 5.54. The predicted molar refractivity (Wildman–Crippen MR) is 49.0 cm³/mol. The Balaban J connectivity index is 1.94. The van der Waals surface area contributed by atoms with Gasteiger partial charge >= 0.3 is 0 Å². The maximum atomic E-state index is 5.39. The lowest BCUT2D eigenvalue weighted by molar-refractivity contribution is 0.0104. The van der Waals surface area contributed by atoms with Crippen LogP contribution in [0.3, 0.4) is 0 Å². The highest BCUT2D eigenvalue weighted by atomic mass is 32.2. The summed E-state index contributed by atoms with van der Waals surface area (Å²) >= 11 is 2.12. The van der Waals surface area contributed by atoms with Crippen LogP contribution in [-0.4, -0.2) is 24.7 Å². The normalized spacial score (nSPS) is 30.5. The Hall–Kier alpha value is 0.310. The van der Waals surface area contributed by atoms with E-state index >= 15 is 0 Å². The summed E-state index contributed by atoms with van der Waals surface area (Å²) in [5, 5.41) is 0. The van der Waals surface area contributed by atoms with Crippen LogP contribution in [0.1, 0.15) is 25.7 Å². The molecule has 2 heterocycles. The minimum atomic E-state index is 0.712. The van der Waals surface area contributed by atoms with E-state index in [0.29, 0.717) is 5.41 Å². The molecule has 0 amide bonds. The molecule has 0 radical (unpaired) electrons. The van der Waals surface area contributed by atoms with Crippen molar-refractivity contribution in [2.45, 2.75) is 25.7 Å². The van der Waals surface area contributed by atoms with Crippen molar-refractivity contribution in [1.29, 1.82) is 0 Å². The van der Waals surface area contributed by atoms with E-state index in [1.165, 1.54) is 37.2 Å². The molecule has 0 bridgehead atoms. The fourth-order valence-electron chi connectivity index (χ4n) is 2.11. The highest BCUT2D eigenvalue weighted by molar-refractivity contribution is 7.99. The first-order valence-corrected chi connectivity index (χ1v) is 5.72. The number of hydrogen-bond acceptors (Lipinski definition) is 2. The van der Waals surface area contributed by atoms with Gasteiger partial charge < -0.3 is 4.74 Å². The van der Waals surface area contributed by atoms with Gasteiger partial charge in [0.05, 0.1) is 0 Å². The van der Waals surface area contributed by atoms with E-state index in [4.69, 9.17) is 4.74 Å². The lowest BCUT2D eigenvalue weighted by Gasteiger charge is -2.39. The van der Waals surface area contributed by atoms with Crippen molar-refractivity contribution < 1.29 is 4.74 Å². The van der Waals surface area contributed by atoms with Crippen LogP contribution in [0.5, 0.6) is 0 Å². The fourth-order valence-corrected chi connectivity index (χ4v) is 3.47. The molecule has 0 aromatic heterocycles. The van der Waals surface area contributed by atoms with Crippen LogP contribution >= 0.6 is 11.8 Å². The highest BCUT2D eigenvalue weighted by Crippen LogP contribution is 2.42. The van der Waals surface area contributed by atoms with Crippen molar-refractivity contribution in [3.8, 4) is 0 Å². The third-order valence-corrected chi connectivity index (χ3v) is 4.09. The summed E-state index contributed by atoms with van der Waals surface area (Å²) < 4.78 is 5.39. The van der Waals surface area contributed by atoms with Crippen molar-refractivity contribution in [2.24, 2.45) is 5.41 Å². The molecule has 1 spiro atoms. The van der Waals surface area contributed by atoms with Gasteiger partial charge in [-0.2, -0.15) is 11.8 Å². The Kier molecular flexibility index (Phi) is 2.42. The molecule has 0 aliphatic carbocycles. The first-order valence-electron chi connectivity index (χ1n) is 4.57. The van der Waals surface area contributed by atoms with Gasteiger partial charge in [0.15, 0.2) is 0 Å². The van der Waals surface area contributed by atoms with Crippen LogP contribution in [0.15, 0.2) is 0 Å². The average molecular weight is 172 g/mol. The quantitative estimate of drug-likeness (QED) is 0.554. The summed E-state index contributed by atoms with van der Waals surface area (Å²) in [6, 6.07) is 0. The molecular formula is C9H16OS. The predicted octanol–water partition coefficient (Wildman–Crippen LogP) is 2.31. The lowest BCUT2D eigenvalue weighted by Crippen LogP contribution is -2.32. The molecule has 0 aromatic rings. The molecule has 0 atom stereocenters. The molecule has 0 aromatic carbocycles. The Morgan fingerprint density at radius 3 is 2.18 bits per heavy atom. The van der Waals surface area contributed by atoms with E-state index in [1.807, 2.05) is 0 Å². The van der Waals surface area contributed by atoms with E-state index < -0.39 is 0 Å². The van der Waals surface area contributed by atoms with E-state index in [9.17, 15) is 0 Å². The van der Waals surface area contributed by atoms with Crippen LogP contribution in [0.2, 0.25) is 0 Å². The van der Waals surface area contributed by atoms with Crippen molar-refractivity contribution >= 4 is 11.8 Å². The third-order valence-electron chi connectivity index (χ3n) is 3.11. The second-order valence-corrected chi connectivity index (χ2v) is 4.95. The summed E-state index contributed by atoms with van der Waals surface area (Å²) in [5.41, 5.74) is 0.712. The molecule has 0 N–H and O–H groups in total. The molecular weight excluding hydrogens is 156 g/mol. The number of hydrogen-bond donors (Lipinski definition) is 0. The van der Waals surface area contributed by atoms with Gasteiger partial charge in [0, 0.05) is 13.2 Å². The first-order chi connectivity index (χ1) is 5.41. The van der Waals surface area contributed by atoms with Crippen LogP contribution in [0, 0.1) is 5.41 Å². The van der Waals surface area contributed by atoms with E-state index in [-0.39, 0.29) is 0 Å². The second kappa shape index (κ2) is 3.36. The van der Waals surface area contributed by atoms with Gasteiger partial charge in [-0.25, -0.2) is 0 Å². The van der Waals surface area contributed by atoms with Crippen molar-refractivity contribution in [1.82, 2.24) is 0 Å². The summed E-state index contributed by atoms with van der Waals surface area (Å²) in [7, 11) is 0. The van der Waals surface area contributed by atoms with Gasteiger partial charge in [-0.05, 0) is 42.6 Å². The Morgan fingerprint density at radius 2 is 1.55 bits per heavy atom. The summed E-state index contributed by atoms with van der Waals surface area (Å²) in [5.74, 6) is 2.78. The minimum Gasteiger partial charge on any atom is -0.381 e. The number of ether oxygens (including phenoxy) is 1. The van der Waals surface area contributed by atoms with Crippen LogP contribution < -0.4 is 0 Å². The Bertz CT molecular complexity index is 104. The molecule has 2 aliphatic rings. The number of rotatable bonds is 0. The average Bonchev–Trinajstić information content (AvgIpc) is 2.07. The minimum absolute atomic E-state index is 0.712. The SMILES string of the molecule is C1CC2(CCO1)CCSCC2. The zero-order valence-corrected chi connectivity index (χ0v) is 7.79. The topological polar surface area (TPSA) is 9.23 Å². The zero-order chi connectivity index (χ0) is 7.57. The van der Waals surface area contributed by atoms with Crippen molar-refractivity contribution in [2.75, 3.05) is 24.7 Å². The first kappa shape index (κ1) is 7.93. The van der Waals surface area contributed by atoms with Crippen molar-refractivity contribution in [3.63, 3.8) is 0 Å². The largest absolute Gasteiger partial charge is 0.381 e. The summed E-state index contributed by atoms with van der Waals surface area (Å²) in [6.45, 7) is 2.04.